The summed E-state index contributed by atoms with van der Waals surface area (Å²) in [6, 6.07) is 2.28. The molecular formula is C12H19Cl2FSi. The van der Waals surface area contributed by atoms with Crippen LogP contribution in [0, 0.1) is 0 Å². The van der Waals surface area contributed by atoms with Gasteiger partial charge in [0, 0.05) is 13.5 Å². The van der Waals surface area contributed by atoms with Crippen LogP contribution >= 0.6 is 23.2 Å². The maximum atomic E-state index is 14.2. The topological polar surface area (TPSA) is 0 Å². The highest BCUT2D eigenvalue weighted by atomic mass is 35.5. The zero-order valence-electron chi connectivity index (χ0n) is 9.95. The van der Waals surface area contributed by atoms with Crippen LogP contribution in [0.25, 0.3) is 0 Å². The van der Waals surface area contributed by atoms with Crippen LogP contribution in [0.5, 0.6) is 0 Å². The van der Waals surface area contributed by atoms with Crippen LogP contribution in [0.3, 0.4) is 0 Å². The van der Waals surface area contributed by atoms with Crippen molar-refractivity contribution >= 4 is 31.3 Å². The van der Waals surface area contributed by atoms with Gasteiger partial charge in [-0.15, -0.1) is 23.2 Å². The van der Waals surface area contributed by atoms with E-state index in [1.54, 1.807) is 0 Å². The average Bonchev–Trinajstić information content (AvgIpc) is 2.18. The van der Waals surface area contributed by atoms with Crippen molar-refractivity contribution in [2.24, 2.45) is 0 Å². The minimum atomic E-state index is -1.17. The minimum Gasteiger partial charge on any atom is -0.210 e. The lowest BCUT2D eigenvalue weighted by Gasteiger charge is -2.39. The molecule has 0 radical (unpaired) electrons. The van der Waals surface area contributed by atoms with E-state index in [-0.39, 0.29) is 11.2 Å². The number of alkyl halides is 2. The van der Waals surface area contributed by atoms with Crippen molar-refractivity contribution in [2.45, 2.75) is 61.1 Å². The van der Waals surface area contributed by atoms with E-state index in [1.165, 1.54) is 6.04 Å². The van der Waals surface area contributed by atoms with Gasteiger partial charge in [-0.05, 0) is 31.3 Å². The summed E-state index contributed by atoms with van der Waals surface area (Å²) in [5, 5.41) is 0.0230. The lowest BCUT2D eigenvalue weighted by molar-refractivity contribution is 0.405. The smallest absolute Gasteiger partial charge is 0.120 e. The maximum absolute atomic E-state index is 14.2. The van der Waals surface area contributed by atoms with Crippen molar-refractivity contribution in [3.63, 3.8) is 0 Å². The highest BCUT2D eigenvalue weighted by Gasteiger charge is 2.43. The Morgan fingerprint density at radius 1 is 1.38 bits per heavy atom. The van der Waals surface area contributed by atoms with Crippen LogP contribution < -0.4 is 0 Å². The van der Waals surface area contributed by atoms with E-state index in [0.29, 0.717) is 12.8 Å². The molecule has 92 valence electrons. The second kappa shape index (κ2) is 4.29. The fourth-order valence-electron chi connectivity index (χ4n) is 2.76. The number of fused-ring (bicyclic) bond motifs is 1. The molecule has 0 aromatic carbocycles. The fraction of sp³-hybridized carbons (Fsp3) is 0.833. The number of allylic oxidation sites excluding steroid dienone is 2. The Morgan fingerprint density at radius 2 is 2.06 bits per heavy atom. The van der Waals surface area contributed by atoms with E-state index in [0.717, 1.165) is 24.5 Å². The third-order valence-electron chi connectivity index (χ3n) is 4.02. The van der Waals surface area contributed by atoms with Gasteiger partial charge >= 0.3 is 0 Å². The molecule has 16 heavy (non-hydrogen) atoms. The van der Waals surface area contributed by atoms with Gasteiger partial charge in [-0.25, -0.2) is 4.39 Å². The SMILES string of the molecule is C[Si]1(C)CCC2=C(F)[C@](Cl)(CC1)C[C@H](Cl)C2. The quantitative estimate of drug-likeness (QED) is 0.428. The van der Waals surface area contributed by atoms with E-state index in [2.05, 4.69) is 13.1 Å². The summed E-state index contributed by atoms with van der Waals surface area (Å²) < 4.78 is 14.2. The molecule has 4 heteroatoms. The second-order valence-electron chi connectivity index (χ2n) is 6.05. The molecule has 0 N–H and O–H groups in total. The van der Waals surface area contributed by atoms with Crippen LogP contribution in [0.2, 0.25) is 25.2 Å². The van der Waals surface area contributed by atoms with Crippen LogP contribution in [0.1, 0.15) is 25.7 Å². The highest BCUT2D eigenvalue weighted by Crippen LogP contribution is 2.48. The van der Waals surface area contributed by atoms with Gasteiger partial charge in [0.2, 0.25) is 0 Å². The third kappa shape index (κ3) is 2.49. The average molecular weight is 281 g/mol. The summed E-state index contributed by atoms with van der Waals surface area (Å²) in [6.45, 7) is 4.76. The van der Waals surface area contributed by atoms with Gasteiger partial charge in [-0.2, -0.15) is 0 Å². The Bertz CT molecular complexity index is 327. The molecule has 0 spiro atoms. The lowest BCUT2D eigenvalue weighted by atomic mass is 9.85. The first kappa shape index (κ1) is 12.9. The molecule has 0 fully saturated rings. The Hall–Kier alpha value is 0.467. The predicted molar refractivity (Wildman–Crippen MR) is 71.9 cm³/mol. The van der Waals surface area contributed by atoms with Crippen molar-refractivity contribution in [1.82, 2.24) is 0 Å². The molecule has 2 bridgehead atoms. The van der Waals surface area contributed by atoms with Gasteiger partial charge in [0.25, 0.3) is 0 Å². The molecule has 1 aliphatic carbocycles. The summed E-state index contributed by atoms with van der Waals surface area (Å²) in [7, 11) is -1.17. The summed E-state index contributed by atoms with van der Waals surface area (Å²) in [6.07, 6.45) is 2.94. The first-order chi connectivity index (χ1) is 7.32. The van der Waals surface area contributed by atoms with E-state index < -0.39 is 12.9 Å². The van der Waals surface area contributed by atoms with E-state index in [4.69, 9.17) is 23.2 Å². The van der Waals surface area contributed by atoms with Gasteiger partial charge in [0.1, 0.15) is 5.83 Å². The van der Waals surface area contributed by atoms with Crippen molar-refractivity contribution < 1.29 is 4.39 Å². The van der Waals surface area contributed by atoms with E-state index in [1.807, 2.05) is 0 Å². The summed E-state index contributed by atoms with van der Waals surface area (Å²) in [4.78, 5) is -0.773. The molecule has 0 unspecified atom stereocenters. The van der Waals surface area contributed by atoms with Gasteiger partial charge in [0.05, 0.1) is 4.87 Å². The van der Waals surface area contributed by atoms with Crippen LogP contribution in [0.4, 0.5) is 4.39 Å². The Morgan fingerprint density at radius 3 is 2.75 bits per heavy atom. The molecule has 2 atom stereocenters. The van der Waals surface area contributed by atoms with E-state index >= 15 is 0 Å². The standard InChI is InChI=1S/C12H19Cl2FSi/c1-16(2)5-3-9-7-10(13)8-12(14,4-6-16)11(9)15/h10H,3-8H2,1-2H3/t10-,12+/m1/s1. The zero-order valence-corrected chi connectivity index (χ0v) is 12.5. The molecule has 2 aliphatic rings. The lowest BCUT2D eigenvalue weighted by Crippen LogP contribution is -2.38. The van der Waals surface area contributed by atoms with Gasteiger partial charge in [0.15, 0.2) is 0 Å². The molecule has 1 aliphatic heterocycles. The van der Waals surface area contributed by atoms with Crippen LogP contribution in [-0.4, -0.2) is 18.3 Å². The summed E-state index contributed by atoms with van der Waals surface area (Å²) in [5.41, 5.74) is 0.904. The largest absolute Gasteiger partial charge is 0.210 e. The third-order valence-corrected chi connectivity index (χ3v) is 8.04. The highest BCUT2D eigenvalue weighted by molar-refractivity contribution is 6.77. The molecule has 2 rings (SSSR count). The fourth-order valence-corrected chi connectivity index (χ4v) is 6.19. The van der Waals surface area contributed by atoms with Gasteiger partial charge in [-0.1, -0.05) is 25.2 Å². The monoisotopic (exact) mass is 280 g/mol. The first-order valence-corrected chi connectivity index (χ1v) is 10.3. The van der Waals surface area contributed by atoms with Crippen molar-refractivity contribution in [1.29, 1.82) is 0 Å². The number of hydrogen-bond donors (Lipinski definition) is 0. The van der Waals surface area contributed by atoms with Crippen molar-refractivity contribution in [3.05, 3.63) is 11.4 Å². The predicted octanol–water partition coefficient (Wildman–Crippen LogP) is 5.09. The minimum absolute atomic E-state index is 0.0230. The molecular weight excluding hydrogens is 262 g/mol. The molecule has 0 saturated carbocycles. The number of rotatable bonds is 0. The van der Waals surface area contributed by atoms with E-state index in [9.17, 15) is 4.39 Å². The number of halogens is 3. The summed E-state index contributed by atoms with van der Waals surface area (Å²) >= 11 is 12.7. The zero-order chi connectivity index (χ0) is 12.0. The molecule has 0 amide bonds. The van der Waals surface area contributed by atoms with Gasteiger partial charge < -0.3 is 0 Å². The maximum Gasteiger partial charge on any atom is 0.120 e. The van der Waals surface area contributed by atoms with Crippen molar-refractivity contribution in [2.75, 3.05) is 0 Å². The first-order valence-electron chi connectivity index (χ1n) is 6.03. The van der Waals surface area contributed by atoms with Crippen molar-refractivity contribution in [3.8, 4) is 0 Å². The second-order valence-corrected chi connectivity index (χ2v) is 12.7. The van der Waals surface area contributed by atoms with Crippen LogP contribution in [0.15, 0.2) is 11.4 Å². The van der Waals surface area contributed by atoms with Gasteiger partial charge in [-0.3, -0.25) is 0 Å². The molecule has 0 aromatic heterocycles. The Kier molecular flexibility index (Phi) is 3.46. The Labute approximate surface area is 108 Å². The molecule has 0 saturated heterocycles. The molecule has 0 nitrogen and oxygen atoms in total. The molecule has 1 heterocycles. The molecule has 0 aromatic rings. The Balaban J connectivity index is 2.32. The number of hydrogen-bond acceptors (Lipinski definition) is 0. The summed E-state index contributed by atoms with van der Waals surface area (Å²) in [5.74, 6) is -0.0458. The normalized spacial score (nSPS) is 39.2. The van der Waals surface area contributed by atoms with Crippen LogP contribution in [-0.2, 0) is 0 Å².